The lowest BCUT2D eigenvalue weighted by Gasteiger charge is -2.40. The molecule has 1 fully saturated rings. The van der Waals surface area contributed by atoms with Gasteiger partial charge in [0.2, 0.25) is 5.91 Å². The molecule has 0 aromatic rings. The van der Waals surface area contributed by atoms with Crippen LogP contribution in [0, 0.1) is 0 Å². The molecule has 1 saturated heterocycles. The van der Waals surface area contributed by atoms with Crippen LogP contribution in [-0.2, 0) is 9.53 Å². The number of hydrogen-bond acceptors (Lipinski definition) is 7. The third-order valence-electron chi connectivity index (χ3n) is 13.2. The van der Waals surface area contributed by atoms with E-state index in [0.29, 0.717) is 19.3 Å². The molecule has 352 valence electrons. The van der Waals surface area contributed by atoms with Crippen molar-refractivity contribution >= 4 is 5.91 Å². The highest BCUT2D eigenvalue weighted by Crippen LogP contribution is 2.26. The van der Waals surface area contributed by atoms with E-state index in [0.717, 1.165) is 38.5 Å². The van der Waals surface area contributed by atoms with Gasteiger partial charge in [-0.1, -0.05) is 239 Å². The first-order valence-corrected chi connectivity index (χ1v) is 26.1. The van der Waals surface area contributed by atoms with Crippen molar-refractivity contribution in [1.29, 1.82) is 0 Å². The lowest BCUT2D eigenvalue weighted by Crippen LogP contribution is -2.58. The summed E-state index contributed by atoms with van der Waals surface area (Å²) < 4.78 is 5.72. The summed E-state index contributed by atoms with van der Waals surface area (Å²) in [5, 5.41) is 55.0. The van der Waals surface area contributed by atoms with Crippen molar-refractivity contribution in [3.63, 3.8) is 0 Å². The number of aliphatic hydroxyl groups is 5. The molecule has 0 aromatic heterocycles. The Bertz CT molecular complexity index is 890. The van der Waals surface area contributed by atoms with E-state index in [2.05, 4.69) is 19.2 Å². The van der Waals surface area contributed by atoms with Crippen molar-refractivity contribution in [1.82, 2.24) is 5.32 Å². The summed E-state index contributed by atoms with van der Waals surface area (Å²) in [6.45, 7) is 4.08. The van der Waals surface area contributed by atoms with E-state index < -0.39 is 49.3 Å². The predicted molar refractivity (Wildman–Crippen MR) is 248 cm³/mol. The molecule has 0 bridgehead atoms. The minimum atomic E-state index is -1.42. The number of amides is 1. The third-order valence-corrected chi connectivity index (χ3v) is 13.2. The normalized spacial score (nSPS) is 20.6. The van der Waals surface area contributed by atoms with Gasteiger partial charge in [-0.25, -0.2) is 0 Å². The zero-order chi connectivity index (χ0) is 43.0. The van der Waals surface area contributed by atoms with Crippen LogP contribution >= 0.6 is 0 Å². The molecular weight excluding hydrogens is 739 g/mol. The van der Waals surface area contributed by atoms with Crippen LogP contribution in [0.2, 0.25) is 0 Å². The number of rotatable bonds is 44. The fraction of sp³-hybridized carbons (Fsp3) is 0.980. The van der Waals surface area contributed by atoms with Gasteiger partial charge in [-0.2, -0.15) is 0 Å². The van der Waals surface area contributed by atoms with Gasteiger partial charge in [-0.05, 0) is 25.7 Å². The van der Waals surface area contributed by atoms with E-state index in [-0.39, 0.29) is 12.3 Å². The van der Waals surface area contributed by atoms with Crippen LogP contribution in [0.3, 0.4) is 0 Å². The van der Waals surface area contributed by atoms with E-state index in [1.54, 1.807) is 0 Å². The molecule has 1 amide bonds. The van der Waals surface area contributed by atoms with Gasteiger partial charge in [0.1, 0.15) is 24.4 Å². The molecule has 0 radical (unpaired) electrons. The van der Waals surface area contributed by atoms with Crippen LogP contribution in [-0.4, -0.2) is 80.7 Å². The van der Waals surface area contributed by atoms with Crippen molar-refractivity contribution in [2.24, 2.45) is 0 Å². The van der Waals surface area contributed by atoms with Crippen molar-refractivity contribution in [3.8, 4) is 0 Å². The van der Waals surface area contributed by atoms with Gasteiger partial charge in [0, 0.05) is 6.42 Å². The Morgan fingerprint density at radius 3 is 1.14 bits per heavy atom. The number of ether oxygens (including phenoxy) is 1. The van der Waals surface area contributed by atoms with Crippen molar-refractivity contribution in [2.75, 3.05) is 6.61 Å². The number of carbonyl (C=O) groups excluding carboxylic acids is 1. The Balaban J connectivity index is 2.21. The van der Waals surface area contributed by atoms with Crippen LogP contribution in [0.4, 0.5) is 0 Å². The van der Waals surface area contributed by atoms with Gasteiger partial charge in [0.25, 0.3) is 0 Å². The average molecular weight is 840 g/mol. The van der Waals surface area contributed by atoms with Crippen LogP contribution in [0.15, 0.2) is 0 Å². The summed E-state index contributed by atoms with van der Waals surface area (Å²) in [6.07, 6.45) is 42.2. The number of nitrogens with one attached hydrogen (secondary N) is 1. The van der Waals surface area contributed by atoms with E-state index in [1.807, 2.05) is 0 Å². The second kappa shape index (κ2) is 41.3. The molecule has 8 heteroatoms. The third kappa shape index (κ3) is 31.7. The zero-order valence-electron chi connectivity index (χ0n) is 39.1. The Morgan fingerprint density at radius 1 is 0.458 bits per heavy atom. The maximum absolute atomic E-state index is 13.1. The smallest absolute Gasteiger partial charge is 0.220 e. The highest BCUT2D eigenvalue weighted by Gasteiger charge is 2.43. The first kappa shape index (κ1) is 56.2. The largest absolute Gasteiger partial charge is 0.394 e. The Hall–Kier alpha value is -0.770. The van der Waals surface area contributed by atoms with E-state index in [9.17, 15) is 30.3 Å². The minimum Gasteiger partial charge on any atom is -0.394 e. The second-order valence-corrected chi connectivity index (χ2v) is 18.7. The summed E-state index contributed by atoms with van der Waals surface area (Å²) in [4.78, 5) is 13.1. The van der Waals surface area contributed by atoms with E-state index >= 15 is 0 Å². The molecule has 0 aromatic carbocycles. The molecule has 59 heavy (non-hydrogen) atoms. The maximum atomic E-state index is 13.1. The van der Waals surface area contributed by atoms with Crippen molar-refractivity contribution in [3.05, 3.63) is 0 Å². The summed E-state index contributed by atoms with van der Waals surface area (Å²) >= 11 is 0. The highest BCUT2D eigenvalue weighted by molar-refractivity contribution is 5.76. The summed E-state index contributed by atoms with van der Waals surface area (Å²) in [7, 11) is 0. The topological polar surface area (TPSA) is 139 Å². The van der Waals surface area contributed by atoms with Crippen molar-refractivity contribution < 1.29 is 35.1 Å². The average Bonchev–Trinajstić information content (AvgIpc) is 3.23. The second-order valence-electron chi connectivity index (χ2n) is 18.7. The fourth-order valence-electron chi connectivity index (χ4n) is 9.04. The van der Waals surface area contributed by atoms with Crippen LogP contribution in [0.25, 0.3) is 0 Å². The molecule has 1 aliphatic heterocycles. The summed E-state index contributed by atoms with van der Waals surface area (Å²) in [6, 6.07) is -0.489. The number of aliphatic hydroxyl groups excluding tert-OH is 5. The molecule has 5 unspecified atom stereocenters. The van der Waals surface area contributed by atoms with E-state index in [1.165, 1.54) is 193 Å². The fourth-order valence-corrected chi connectivity index (χ4v) is 9.04. The predicted octanol–water partition coefficient (Wildman–Crippen LogP) is 12.3. The molecule has 0 aliphatic carbocycles. The molecule has 8 nitrogen and oxygen atoms in total. The van der Waals surface area contributed by atoms with Gasteiger partial charge in [0.05, 0.1) is 24.9 Å². The number of hydrogen-bond donors (Lipinski definition) is 6. The van der Waals surface area contributed by atoms with Crippen LogP contribution in [0.1, 0.15) is 271 Å². The van der Waals surface area contributed by atoms with E-state index in [4.69, 9.17) is 4.74 Å². The standard InChI is InChI=1S/C51H101NO7/c1-3-5-7-9-11-13-15-17-18-19-20-21-22-23-24-25-26-28-30-32-34-36-38-40-48(55)52-44(41-42-46-49(56)51(58)50(57)47(43-53)59-46)45(54)39-37-35-33-31-29-27-16-14-12-10-8-6-4-2/h44-47,49-51,53-54,56-58H,3-43H2,1-2H3,(H,52,55)/t44-,45+,46?,47?,49?,50?,51?/m0/s1. The summed E-state index contributed by atoms with van der Waals surface area (Å²) in [5.41, 5.74) is 0. The highest BCUT2D eigenvalue weighted by atomic mass is 16.5. The molecule has 1 aliphatic rings. The molecule has 1 heterocycles. The molecule has 1 rings (SSSR count). The lowest BCUT2D eigenvalue weighted by molar-refractivity contribution is -0.230. The minimum absolute atomic E-state index is 0.0586. The maximum Gasteiger partial charge on any atom is 0.220 e. The zero-order valence-corrected chi connectivity index (χ0v) is 39.1. The Kier molecular flexibility index (Phi) is 39.3. The van der Waals surface area contributed by atoms with Gasteiger partial charge < -0.3 is 35.6 Å². The van der Waals surface area contributed by atoms with Gasteiger partial charge >= 0.3 is 0 Å². The molecule has 0 saturated carbocycles. The van der Waals surface area contributed by atoms with Crippen molar-refractivity contribution in [2.45, 2.75) is 313 Å². The molecular formula is C51H101NO7. The molecule has 0 spiro atoms. The SMILES string of the molecule is CCCCCCCCCCCCCCCCCCCCCCCCCC(=O)N[C@@H](CCC1OC(CO)C(O)C(O)C1O)[C@H](O)CCCCCCCCCCCCCCC. The number of carbonyl (C=O) groups is 1. The number of unbranched alkanes of at least 4 members (excludes halogenated alkanes) is 34. The molecule has 7 atom stereocenters. The quantitative estimate of drug-likeness (QED) is 0.0336. The van der Waals surface area contributed by atoms with Crippen LogP contribution in [0.5, 0.6) is 0 Å². The van der Waals surface area contributed by atoms with Gasteiger partial charge in [-0.3, -0.25) is 4.79 Å². The Labute approximate surface area is 365 Å². The van der Waals surface area contributed by atoms with Gasteiger partial charge in [-0.15, -0.1) is 0 Å². The molecule has 6 N–H and O–H groups in total. The Morgan fingerprint density at radius 2 is 0.780 bits per heavy atom. The van der Waals surface area contributed by atoms with Crippen LogP contribution < -0.4 is 5.32 Å². The monoisotopic (exact) mass is 840 g/mol. The van der Waals surface area contributed by atoms with Gasteiger partial charge in [0.15, 0.2) is 0 Å². The summed E-state index contributed by atoms with van der Waals surface area (Å²) in [5.74, 6) is -0.0586. The lowest BCUT2D eigenvalue weighted by atomic mass is 9.90. The first-order valence-electron chi connectivity index (χ1n) is 26.1. The first-order chi connectivity index (χ1) is 28.8.